The van der Waals surface area contributed by atoms with E-state index in [1.54, 1.807) is 0 Å². The second kappa shape index (κ2) is 14.2. The molecule has 0 saturated heterocycles. The summed E-state index contributed by atoms with van der Waals surface area (Å²) in [5.41, 5.74) is 0. The fourth-order valence-electron chi connectivity index (χ4n) is 0.916. The predicted octanol–water partition coefficient (Wildman–Crippen LogP) is -8.76. The summed E-state index contributed by atoms with van der Waals surface area (Å²) in [6, 6.07) is 0. The average molecular weight is 370 g/mol. The molecule has 0 aromatic heterocycles. The molecular weight excluding hydrogens is 352 g/mol. The minimum absolute atomic E-state index is 0. The molecule has 0 aromatic carbocycles. The van der Waals surface area contributed by atoms with Crippen molar-refractivity contribution in [1.29, 1.82) is 0 Å². The van der Waals surface area contributed by atoms with Crippen LogP contribution in [-0.4, -0.2) is 140 Å². The third kappa shape index (κ3) is 11.1. The summed E-state index contributed by atoms with van der Waals surface area (Å²) in [6.45, 7) is -1.66. The van der Waals surface area contributed by atoms with Gasteiger partial charge in [0.25, 0.3) is 0 Å². The first-order valence-corrected chi connectivity index (χ1v) is 5.73. The Hall–Kier alpha value is -0.120. The molecule has 0 saturated carbocycles. The van der Waals surface area contributed by atoms with Crippen molar-refractivity contribution in [3.8, 4) is 0 Å². The third-order valence-electron chi connectivity index (χ3n) is 2.29. The van der Waals surface area contributed by atoms with Gasteiger partial charge in [-0.05, 0) is 0 Å². The fraction of sp³-hybridized carbons (Fsp3) is 0.800. The van der Waals surface area contributed by atoms with Crippen molar-refractivity contribution >= 4 is 49.7 Å². The second-order valence-corrected chi connectivity index (χ2v) is 4.01. The fourth-order valence-corrected chi connectivity index (χ4v) is 0.916. The molecule has 0 aliphatic heterocycles. The maximum absolute atomic E-state index is 9.85. The van der Waals surface area contributed by atoms with Gasteiger partial charge in [0.2, 0.25) is 0 Å². The largest absolute Gasteiger partial charge is 2.00 e. The Balaban J connectivity index is -0.000000333. The van der Waals surface area contributed by atoms with Gasteiger partial charge in [-0.25, -0.2) is 0 Å². The number of carbonyl (C=O) groups excluding carboxylic acids is 2. The van der Waals surface area contributed by atoms with E-state index in [4.69, 9.17) is 40.9 Å². The van der Waals surface area contributed by atoms with Crippen LogP contribution in [-0.2, 0) is 9.59 Å². The van der Waals surface area contributed by atoms with Gasteiger partial charge in [-0.2, -0.15) is 0 Å². The van der Waals surface area contributed by atoms with E-state index >= 15 is 0 Å². The van der Waals surface area contributed by atoms with Gasteiger partial charge in [0, 0.05) is 0 Å². The number of aliphatic carboxylic acids is 2. The van der Waals surface area contributed by atoms with Crippen LogP contribution in [0.2, 0.25) is 0 Å². The van der Waals surface area contributed by atoms with Gasteiger partial charge < -0.3 is 60.7 Å². The van der Waals surface area contributed by atoms with Crippen molar-refractivity contribution < 1.29 is 60.7 Å². The average Bonchev–Trinajstić information content (AvgIpc) is 2.50. The van der Waals surface area contributed by atoms with Crippen LogP contribution >= 0.6 is 0 Å². The number of carboxylic acids is 2. The van der Waals surface area contributed by atoms with E-state index in [9.17, 15) is 19.8 Å². The Labute approximate surface area is 159 Å². The summed E-state index contributed by atoms with van der Waals surface area (Å²) in [4.78, 5) is 19.7. The number of aliphatic hydroxyl groups excluding tert-OH is 8. The summed E-state index contributed by atoms with van der Waals surface area (Å²) in [5, 5.41) is 87.7. The Morgan fingerprint density at radius 2 is 0.913 bits per heavy atom. The van der Waals surface area contributed by atoms with Crippen molar-refractivity contribution in [2.45, 2.75) is 36.6 Å². The standard InChI is InChI=1S/2C5H10O6.Ca/c2*6-1-2(7)3(8)4(9)5(10)11;/h2*2-4,6-9H,1H2,(H,10,11);/q;;+2/p-2/t2*2-,3+,4-;/m11./s1. The summed E-state index contributed by atoms with van der Waals surface area (Å²) >= 11 is 0. The molecule has 0 aliphatic rings. The van der Waals surface area contributed by atoms with Crippen LogP contribution in [0, 0.1) is 0 Å². The van der Waals surface area contributed by atoms with Gasteiger partial charge in [-0.3, -0.25) is 0 Å². The number of rotatable bonds is 8. The molecule has 0 aliphatic carbocycles. The Kier molecular flexibility index (Phi) is 17.2. The van der Waals surface area contributed by atoms with E-state index in [-0.39, 0.29) is 37.7 Å². The first-order chi connectivity index (χ1) is 10.0. The van der Waals surface area contributed by atoms with Crippen molar-refractivity contribution in [2.75, 3.05) is 13.2 Å². The number of hydrogen-bond donors (Lipinski definition) is 8. The molecule has 13 heteroatoms. The van der Waals surface area contributed by atoms with E-state index in [1.807, 2.05) is 0 Å². The van der Waals surface area contributed by atoms with Gasteiger partial charge in [0.05, 0.1) is 25.2 Å². The molecule has 0 radical (unpaired) electrons. The molecular formula is C10H18CaO12. The molecule has 8 N–H and O–H groups in total. The zero-order valence-corrected chi connectivity index (χ0v) is 14.0. The zero-order chi connectivity index (χ0) is 18.0. The molecule has 0 spiro atoms. The van der Waals surface area contributed by atoms with Crippen LogP contribution in [0.4, 0.5) is 0 Å². The monoisotopic (exact) mass is 370 g/mol. The van der Waals surface area contributed by atoms with Crippen molar-refractivity contribution in [3.05, 3.63) is 0 Å². The topological polar surface area (TPSA) is 242 Å². The Bertz CT molecular complexity index is 308. The van der Waals surface area contributed by atoms with Crippen LogP contribution < -0.4 is 10.2 Å². The molecule has 0 amide bonds. The molecule has 0 bridgehead atoms. The summed E-state index contributed by atoms with van der Waals surface area (Å²) in [5.74, 6) is -3.80. The second-order valence-electron chi connectivity index (χ2n) is 4.01. The van der Waals surface area contributed by atoms with E-state index in [1.165, 1.54) is 0 Å². The Morgan fingerprint density at radius 1 is 0.696 bits per heavy atom. The van der Waals surface area contributed by atoms with Crippen LogP contribution in [0.5, 0.6) is 0 Å². The maximum atomic E-state index is 9.85. The molecule has 0 heterocycles. The zero-order valence-electron chi connectivity index (χ0n) is 11.8. The normalized spacial score (nSPS) is 18.1. The van der Waals surface area contributed by atoms with Crippen LogP contribution in [0.15, 0.2) is 0 Å². The smallest absolute Gasteiger partial charge is 0.547 e. The quantitative estimate of drug-likeness (QED) is 0.186. The van der Waals surface area contributed by atoms with Gasteiger partial charge in [-0.15, -0.1) is 0 Å². The van der Waals surface area contributed by atoms with Gasteiger partial charge in [0.15, 0.2) is 0 Å². The van der Waals surface area contributed by atoms with Gasteiger partial charge in [0.1, 0.15) is 36.6 Å². The minimum Gasteiger partial charge on any atom is -0.547 e. The number of aliphatic hydroxyl groups is 8. The molecule has 0 unspecified atom stereocenters. The SMILES string of the molecule is O=C([O-])[C@H](O)[C@@H](O)[C@H](O)CO.O=C([O-])[C@H](O)[C@@H](O)[C@H](O)CO.[Ca+2]. The molecule has 6 atom stereocenters. The molecule has 12 nitrogen and oxygen atoms in total. The van der Waals surface area contributed by atoms with E-state index < -0.39 is 61.8 Å². The molecule has 0 fully saturated rings. The number of carbonyl (C=O) groups is 2. The van der Waals surface area contributed by atoms with Crippen molar-refractivity contribution in [3.63, 3.8) is 0 Å². The molecule has 0 rings (SSSR count). The van der Waals surface area contributed by atoms with Crippen LogP contribution in [0.1, 0.15) is 0 Å². The summed E-state index contributed by atoms with van der Waals surface area (Å²) < 4.78 is 0. The van der Waals surface area contributed by atoms with Gasteiger partial charge in [-0.1, -0.05) is 0 Å². The van der Waals surface area contributed by atoms with Crippen LogP contribution in [0.3, 0.4) is 0 Å². The molecule has 23 heavy (non-hydrogen) atoms. The maximum Gasteiger partial charge on any atom is 2.00 e. The molecule has 0 aromatic rings. The number of carboxylic acid groups (broad SMARTS) is 2. The van der Waals surface area contributed by atoms with Crippen molar-refractivity contribution in [1.82, 2.24) is 0 Å². The molecule has 132 valence electrons. The van der Waals surface area contributed by atoms with E-state index in [0.29, 0.717) is 0 Å². The minimum atomic E-state index is -2.18. The summed E-state index contributed by atoms with van der Waals surface area (Å²) in [6.07, 6.45) is -11.6. The van der Waals surface area contributed by atoms with Crippen molar-refractivity contribution in [2.24, 2.45) is 0 Å². The third-order valence-corrected chi connectivity index (χ3v) is 2.29. The summed E-state index contributed by atoms with van der Waals surface area (Å²) in [7, 11) is 0. The predicted molar refractivity (Wildman–Crippen MR) is 66.0 cm³/mol. The van der Waals surface area contributed by atoms with Crippen LogP contribution in [0.25, 0.3) is 0 Å². The number of hydrogen-bond acceptors (Lipinski definition) is 12. The first-order valence-electron chi connectivity index (χ1n) is 5.73. The van der Waals surface area contributed by atoms with Gasteiger partial charge >= 0.3 is 37.7 Å². The van der Waals surface area contributed by atoms with E-state index in [0.717, 1.165) is 0 Å². The van der Waals surface area contributed by atoms with E-state index in [2.05, 4.69) is 0 Å². The first kappa shape index (κ1) is 27.7. The Morgan fingerprint density at radius 3 is 1.04 bits per heavy atom.